The van der Waals surface area contributed by atoms with Crippen LogP contribution in [0.5, 0.6) is 0 Å². The Morgan fingerprint density at radius 3 is 2.52 bits per heavy atom. The highest BCUT2D eigenvalue weighted by Crippen LogP contribution is 2.68. The predicted molar refractivity (Wildman–Crippen MR) is 124 cm³/mol. The van der Waals surface area contributed by atoms with Gasteiger partial charge in [0.25, 0.3) is 0 Å². The number of esters is 1. The van der Waals surface area contributed by atoms with Gasteiger partial charge in [-0.3, -0.25) is 4.79 Å². The summed E-state index contributed by atoms with van der Waals surface area (Å²) in [5.74, 6) is 2.52. The number of halogens is 1. The SMILES string of the molecule is COC(=O)CC[C@@H](C)[C@H]1CC[C@H]2[C@@H]3[C@H](N)C[C@@H]4C[C@H](O)CC[C@]4(C)[C@H]3C[C@H](O)[C@]12C.Cl. The molecule has 4 saturated carbocycles. The number of carbonyl (C=O) groups is 1. The van der Waals surface area contributed by atoms with Crippen molar-refractivity contribution in [1.29, 1.82) is 0 Å². The van der Waals surface area contributed by atoms with Gasteiger partial charge in [-0.2, -0.15) is 0 Å². The van der Waals surface area contributed by atoms with E-state index in [1.165, 1.54) is 7.11 Å². The number of carbonyl (C=O) groups excluding carboxylic acids is 1. The molecule has 0 saturated heterocycles. The van der Waals surface area contributed by atoms with E-state index in [0.717, 1.165) is 51.4 Å². The standard InChI is InChI=1S/C25H43NO4.ClH/c1-14(5-8-22(29)30-4)17-6-7-18-23-19(13-21(28)25(17,18)3)24(2)10-9-16(27)11-15(24)12-20(23)26;/h14-21,23,27-28H,5-13,26H2,1-4H3;1H/t14-,15+,16-,17-,18+,19+,20-,21+,23+,24+,25-;/m1./s1. The lowest BCUT2D eigenvalue weighted by atomic mass is 9.42. The van der Waals surface area contributed by atoms with Gasteiger partial charge in [0.15, 0.2) is 0 Å². The van der Waals surface area contributed by atoms with Gasteiger partial charge in [0, 0.05) is 12.5 Å². The maximum absolute atomic E-state index is 11.7. The van der Waals surface area contributed by atoms with Crippen LogP contribution in [-0.2, 0) is 9.53 Å². The summed E-state index contributed by atoms with van der Waals surface area (Å²) in [4.78, 5) is 11.7. The van der Waals surface area contributed by atoms with E-state index in [1.54, 1.807) is 0 Å². The van der Waals surface area contributed by atoms with Crippen molar-refractivity contribution in [3.63, 3.8) is 0 Å². The Kier molecular flexibility index (Phi) is 7.43. The molecular weight excluding hydrogens is 414 g/mol. The van der Waals surface area contributed by atoms with Gasteiger partial charge in [-0.15, -0.1) is 12.4 Å². The third kappa shape index (κ3) is 3.96. The largest absolute Gasteiger partial charge is 0.469 e. The van der Waals surface area contributed by atoms with Gasteiger partial charge >= 0.3 is 5.97 Å². The maximum atomic E-state index is 11.7. The fourth-order valence-corrected chi connectivity index (χ4v) is 8.88. The van der Waals surface area contributed by atoms with Crippen LogP contribution >= 0.6 is 12.4 Å². The number of rotatable bonds is 4. The van der Waals surface area contributed by atoms with E-state index in [9.17, 15) is 15.0 Å². The number of nitrogens with two attached hydrogens (primary N) is 1. The summed E-state index contributed by atoms with van der Waals surface area (Å²) in [5.41, 5.74) is 6.95. The Balaban J connectivity index is 0.00000272. The molecular formula is C25H44ClNO4. The third-order valence-corrected chi connectivity index (χ3v) is 10.6. The van der Waals surface area contributed by atoms with Crippen LogP contribution in [0.25, 0.3) is 0 Å². The van der Waals surface area contributed by atoms with Crippen molar-refractivity contribution >= 4 is 18.4 Å². The first-order chi connectivity index (χ1) is 14.1. The van der Waals surface area contributed by atoms with Crippen LogP contribution in [0.2, 0.25) is 0 Å². The number of aliphatic hydroxyl groups is 2. The van der Waals surface area contributed by atoms with Crippen LogP contribution in [0.3, 0.4) is 0 Å². The van der Waals surface area contributed by atoms with Crippen LogP contribution in [0.4, 0.5) is 0 Å². The minimum absolute atomic E-state index is 0. The summed E-state index contributed by atoms with van der Waals surface area (Å²) >= 11 is 0. The third-order valence-electron chi connectivity index (χ3n) is 10.6. The number of aliphatic hydroxyl groups excluding tert-OH is 2. The molecule has 4 aliphatic carbocycles. The molecule has 4 N–H and O–H groups in total. The summed E-state index contributed by atoms with van der Waals surface area (Å²) in [6, 6.07) is 0.166. The van der Waals surface area contributed by atoms with Crippen LogP contribution in [0, 0.1) is 46.3 Å². The summed E-state index contributed by atoms with van der Waals surface area (Å²) in [7, 11) is 1.45. The molecule has 4 aliphatic rings. The molecule has 0 unspecified atom stereocenters. The van der Waals surface area contributed by atoms with Gasteiger partial charge in [0.05, 0.1) is 19.3 Å². The summed E-state index contributed by atoms with van der Waals surface area (Å²) in [6.07, 6.45) is 7.71. The fraction of sp³-hybridized carbons (Fsp3) is 0.960. The molecule has 0 radical (unpaired) electrons. The van der Waals surface area contributed by atoms with Crippen molar-refractivity contribution in [2.75, 3.05) is 7.11 Å². The van der Waals surface area contributed by atoms with Crippen molar-refractivity contribution in [2.24, 2.45) is 52.1 Å². The van der Waals surface area contributed by atoms with E-state index in [2.05, 4.69) is 20.8 Å². The zero-order chi connectivity index (χ0) is 21.8. The molecule has 4 fully saturated rings. The van der Waals surface area contributed by atoms with Crippen LogP contribution in [0.1, 0.15) is 78.6 Å². The number of hydrogen-bond donors (Lipinski definition) is 3. The Labute approximate surface area is 194 Å². The van der Waals surface area contributed by atoms with Gasteiger partial charge < -0.3 is 20.7 Å². The van der Waals surface area contributed by atoms with Crippen molar-refractivity contribution < 1.29 is 19.7 Å². The zero-order valence-corrected chi connectivity index (χ0v) is 20.6. The second-order valence-corrected chi connectivity index (χ2v) is 11.7. The lowest BCUT2D eigenvalue weighted by Gasteiger charge is -2.64. The molecule has 0 aromatic carbocycles. The monoisotopic (exact) mass is 457 g/mol. The lowest BCUT2D eigenvalue weighted by molar-refractivity contribution is -0.180. The smallest absolute Gasteiger partial charge is 0.305 e. The van der Waals surface area contributed by atoms with Crippen molar-refractivity contribution in [1.82, 2.24) is 0 Å². The Morgan fingerprint density at radius 2 is 1.84 bits per heavy atom. The molecule has 11 atom stereocenters. The molecule has 0 amide bonds. The highest BCUT2D eigenvalue weighted by Gasteiger charge is 2.65. The van der Waals surface area contributed by atoms with Crippen LogP contribution in [0.15, 0.2) is 0 Å². The quantitative estimate of drug-likeness (QED) is 0.556. The summed E-state index contributed by atoms with van der Waals surface area (Å²) in [5, 5.41) is 21.8. The molecule has 0 spiro atoms. The molecule has 31 heavy (non-hydrogen) atoms. The van der Waals surface area contributed by atoms with E-state index in [4.69, 9.17) is 10.5 Å². The fourth-order valence-electron chi connectivity index (χ4n) is 8.88. The average molecular weight is 458 g/mol. The highest BCUT2D eigenvalue weighted by atomic mass is 35.5. The Morgan fingerprint density at radius 1 is 1.13 bits per heavy atom. The molecule has 0 aliphatic heterocycles. The van der Waals surface area contributed by atoms with Crippen molar-refractivity contribution in [3.05, 3.63) is 0 Å². The van der Waals surface area contributed by atoms with Crippen LogP contribution in [-0.4, -0.2) is 41.5 Å². The van der Waals surface area contributed by atoms with Gasteiger partial charge in [-0.05, 0) is 97.7 Å². The minimum atomic E-state index is -0.313. The first-order valence-electron chi connectivity index (χ1n) is 12.3. The normalized spacial score (nSPS) is 49.8. The van der Waals surface area contributed by atoms with Gasteiger partial charge in [-0.1, -0.05) is 20.8 Å². The number of hydrogen-bond acceptors (Lipinski definition) is 5. The molecule has 0 bridgehead atoms. The summed E-state index contributed by atoms with van der Waals surface area (Å²) in [6.45, 7) is 6.99. The molecule has 6 heteroatoms. The van der Waals surface area contributed by atoms with Gasteiger partial charge in [0.2, 0.25) is 0 Å². The number of methoxy groups -OCH3 is 1. The molecule has 4 rings (SSSR count). The Hall–Kier alpha value is -0.360. The second-order valence-electron chi connectivity index (χ2n) is 11.7. The average Bonchev–Trinajstić information content (AvgIpc) is 3.06. The maximum Gasteiger partial charge on any atom is 0.305 e. The van der Waals surface area contributed by atoms with Crippen molar-refractivity contribution in [3.8, 4) is 0 Å². The van der Waals surface area contributed by atoms with E-state index in [1.807, 2.05) is 0 Å². The number of fused-ring (bicyclic) bond motifs is 5. The van der Waals surface area contributed by atoms with E-state index >= 15 is 0 Å². The second kappa shape index (κ2) is 9.12. The molecule has 0 aromatic rings. The molecule has 0 aromatic heterocycles. The first-order valence-corrected chi connectivity index (χ1v) is 12.3. The molecule has 0 heterocycles. The molecule has 180 valence electrons. The minimum Gasteiger partial charge on any atom is -0.469 e. The lowest BCUT2D eigenvalue weighted by Crippen LogP contribution is -2.64. The van der Waals surface area contributed by atoms with E-state index in [-0.39, 0.29) is 47.5 Å². The number of ether oxygens (including phenoxy) is 1. The highest BCUT2D eigenvalue weighted by molar-refractivity contribution is 5.85. The van der Waals surface area contributed by atoms with Gasteiger partial charge in [-0.25, -0.2) is 0 Å². The predicted octanol–water partition coefficient (Wildman–Crippen LogP) is 3.93. The van der Waals surface area contributed by atoms with Gasteiger partial charge in [0.1, 0.15) is 0 Å². The first kappa shape index (κ1) is 25.3. The molecule has 5 nitrogen and oxygen atoms in total. The summed E-state index contributed by atoms with van der Waals surface area (Å²) < 4.78 is 4.85. The van der Waals surface area contributed by atoms with Crippen molar-refractivity contribution in [2.45, 2.75) is 96.8 Å². The van der Waals surface area contributed by atoms with E-state index in [0.29, 0.717) is 41.9 Å². The zero-order valence-electron chi connectivity index (χ0n) is 19.8. The van der Waals surface area contributed by atoms with E-state index < -0.39 is 0 Å². The van der Waals surface area contributed by atoms with Crippen LogP contribution < -0.4 is 5.73 Å². The Bertz CT molecular complexity index is 661. The topological polar surface area (TPSA) is 92.8 Å².